The molecule has 0 saturated carbocycles. The molecular weight excluding hydrogens is 216 g/mol. The van der Waals surface area contributed by atoms with Gasteiger partial charge in [-0.15, -0.1) is 6.58 Å². The van der Waals surface area contributed by atoms with Crippen LogP contribution >= 0.6 is 0 Å². The maximum atomic E-state index is 3.66. The second kappa shape index (κ2) is 8.30. The third-order valence-corrected chi connectivity index (χ3v) is 2.69. The van der Waals surface area contributed by atoms with Crippen molar-refractivity contribution >= 4 is 0 Å². The van der Waals surface area contributed by atoms with Gasteiger partial charge in [0.25, 0.3) is 0 Å². The maximum Gasteiger partial charge on any atom is -0.0100 e. The second-order valence-corrected chi connectivity index (χ2v) is 4.54. The van der Waals surface area contributed by atoms with E-state index in [2.05, 4.69) is 56.8 Å². The van der Waals surface area contributed by atoms with Crippen molar-refractivity contribution in [2.24, 2.45) is 0 Å². The molecule has 0 fully saturated rings. The molecule has 0 saturated heterocycles. The van der Waals surface area contributed by atoms with E-state index in [9.17, 15) is 0 Å². The summed E-state index contributed by atoms with van der Waals surface area (Å²) in [6.45, 7) is 8.06. The predicted octanol–water partition coefficient (Wildman–Crippen LogP) is 5.23. The number of allylic oxidation sites excluding steroid dienone is 1. The normalized spacial score (nSPS) is 9.50. The highest BCUT2D eigenvalue weighted by Gasteiger charge is 1.93. The molecule has 0 heteroatoms. The molecule has 0 aliphatic rings. The summed E-state index contributed by atoms with van der Waals surface area (Å²) in [5.41, 5.74) is 2.74. The Balaban J connectivity index is 0.000000180. The van der Waals surface area contributed by atoms with Gasteiger partial charge in [-0.3, -0.25) is 0 Å². The van der Waals surface area contributed by atoms with Crippen LogP contribution in [0.1, 0.15) is 30.9 Å². The smallest absolute Gasteiger partial charge is 0.0100 e. The molecule has 0 N–H and O–H groups in total. The zero-order valence-electron chi connectivity index (χ0n) is 11.3. The number of benzene rings is 2. The van der Waals surface area contributed by atoms with E-state index in [4.69, 9.17) is 0 Å². The lowest BCUT2D eigenvalue weighted by Gasteiger charge is -2.01. The average molecular weight is 238 g/mol. The molecule has 2 aromatic rings. The molecule has 0 aliphatic heterocycles. The van der Waals surface area contributed by atoms with Crippen molar-refractivity contribution in [2.75, 3.05) is 0 Å². The van der Waals surface area contributed by atoms with E-state index in [1.807, 2.05) is 30.3 Å². The zero-order chi connectivity index (χ0) is 13.2. The first-order valence-electron chi connectivity index (χ1n) is 6.43. The van der Waals surface area contributed by atoms with Crippen LogP contribution in [0, 0.1) is 0 Å². The summed E-state index contributed by atoms with van der Waals surface area (Å²) in [6.07, 6.45) is 2.89. The van der Waals surface area contributed by atoms with Gasteiger partial charge in [-0.05, 0) is 23.5 Å². The molecule has 0 unspecified atom stereocenters. The van der Waals surface area contributed by atoms with E-state index in [-0.39, 0.29) is 0 Å². The van der Waals surface area contributed by atoms with E-state index in [1.54, 1.807) is 0 Å². The van der Waals surface area contributed by atoms with Crippen molar-refractivity contribution in [1.82, 2.24) is 0 Å². The van der Waals surface area contributed by atoms with Crippen molar-refractivity contribution in [1.29, 1.82) is 0 Å². The first-order chi connectivity index (χ1) is 8.74. The van der Waals surface area contributed by atoms with Crippen LogP contribution in [-0.2, 0) is 6.42 Å². The van der Waals surface area contributed by atoms with E-state index in [0.29, 0.717) is 5.92 Å². The molecule has 0 nitrogen and oxygen atoms in total. The van der Waals surface area contributed by atoms with Crippen LogP contribution in [0.25, 0.3) is 0 Å². The molecule has 2 aromatic carbocycles. The molecule has 0 radical (unpaired) electrons. The Hall–Kier alpha value is -1.82. The van der Waals surface area contributed by atoms with Gasteiger partial charge in [-0.25, -0.2) is 0 Å². The lowest BCUT2D eigenvalue weighted by Crippen LogP contribution is -1.83. The fourth-order valence-corrected chi connectivity index (χ4v) is 1.62. The third kappa shape index (κ3) is 5.49. The van der Waals surface area contributed by atoms with Crippen LogP contribution in [0.3, 0.4) is 0 Å². The lowest BCUT2D eigenvalue weighted by molar-refractivity contribution is 0.867. The van der Waals surface area contributed by atoms with Gasteiger partial charge in [0.1, 0.15) is 0 Å². The van der Waals surface area contributed by atoms with E-state index >= 15 is 0 Å². The van der Waals surface area contributed by atoms with Crippen LogP contribution in [0.15, 0.2) is 73.3 Å². The fourth-order valence-electron chi connectivity index (χ4n) is 1.62. The SMILES string of the molecule is C=CCc1ccccc1.CC(C)c1ccccc1. The van der Waals surface area contributed by atoms with Crippen LogP contribution in [0.5, 0.6) is 0 Å². The molecular formula is C18H22. The van der Waals surface area contributed by atoms with Gasteiger partial charge >= 0.3 is 0 Å². The summed E-state index contributed by atoms with van der Waals surface area (Å²) < 4.78 is 0. The second-order valence-electron chi connectivity index (χ2n) is 4.54. The summed E-state index contributed by atoms with van der Waals surface area (Å²) in [4.78, 5) is 0. The highest BCUT2D eigenvalue weighted by atomic mass is 14.0. The first kappa shape index (κ1) is 14.2. The summed E-state index contributed by atoms with van der Waals surface area (Å²) >= 11 is 0. The van der Waals surface area contributed by atoms with Crippen molar-refractivity contribution in [3.63, 3.8) is 0 Å². The molecule has 0 aliphatic carbocycles. The summed E-state index contributed by atoms with van der Waals surface area (Å²) in [5, 5.41) is 0. The fraction of sp³-hybridized carbons (Fsp3) is 0.222. The maximum absolute atomic E-state index is 3.66. The highest BCUT2D eigenvalue weighted by Crippen LogP contribution is 2.11. The van der Waals surface area contributed by atoms with Gasteiger partial charge in [-0.2, -0.15) is 0 Å². The molecule has 0 heterocycles. The minimum atomic E-state index is 0.659. The van der Waals surface area contributed by atoms with Gasteiger partial charge in [0, 0.05) is 0 Å². The van der Waals surface area contributed by atoms with Gasteiger partial charge in [0.15, 0.2) is 0 Å². The van der Waals surface area contributed by atoms with E-state index in [1.165, 1.54) is 11.1 Å². The molecule has 94 valence electrons. The molecule has 0 bridgehead atoms. The molecule has 0 amide bonds. The number of hydrogen-bond donors (Lipinski definition) is 0. The largest absolute Gasteiger partial charge is 0.103 e. The van der Waals surface area contributed by atoms with E-state index < -0.39 is 0 Å². The molecule has 18 heavy (non-hydrogen) atoms. The van der Waals surface area contributed by atoms with Gasteiger partial charge in [-0.1, -0.05) is 80.6 Å². The summed E-state index contributed by atoms with van der Waals surface area (Å²) in [7, 11) is 0. The molecule has 0 aromatic heterocycles. The standard InChI is InChI=1S/C9H12.C9H10/c1-8(2)9-6-4-3-5-7-9;1-2-6-9-7-4-3-5-8-9/h3-8H,1-2H3;2-5,7-8H,1,6H2. The Labute approximate surface area is 111 Å². The van der Waals surface area contributed by atoms with Gasteiger partial charge < -0.3 is 0 Å². The van der Waals surface area contributed by atoms with Crippen molar-refractivity contribution in [3.05, 3.63) is 84.4 Å². The Morgan fingerprint density at radius 2 is 1.39 bits per heavy atom. The quantitative estimate of drug-likeness (QED) is 0.643. The number of hydrogen-bond acceptors (Lipinski definition) is 0. The average Bonchev–Trinajstić information content (AvgIpc) is 2.42. The minimum Gasteiger partial charge on any atom is -0.103 e. The third-order valence-electron chi connectivity index (χ3n) is 2.69. The van der Waals surface area contributed by atoms with Crippen molar-refractivity contribution < 1.29 is 0 Å². The lowest BCUT2D eigenvalue weighted by atomic mass is 10.0. The van der Waals surface area contributed by atoms with Crippen LogP contribution in [0.2, 0.25) is 0 Å². The molecule has 2 rings (SSSR count). The Kier molecular flexibility index (Phi) is 6.56. The molecule has 0 spiro atoms. The van der Waals surface area contributed by atoms with Gasteiger partial charge in [0.05, 0.1) is 0 Å². The van der Waals surface area contributed by atoms with Crippen LogP contribution in [-0.4, -0.2) is 0 Å². The molecule has 0 atom stereocenters. The monoisotopic (exact) mass is 238 g/mol. The topological polar surface area (TPSA) is 0 Å². The summed E-state index contributed by atoms with van der Waals surface area (Å²) in [5.74, 6) is 0.659. The number of rotatable bonds is 3. The van der Waals surface area contributed by atoms with E-state index in [0.717, 1.165) is 6.42 Å². The van der Waals surface area contributed by atoms with Crippen molar-refractivity contribution in [3.8, 4) is 0 Å². The Morgan fingerprint density at radius 3 is 1.78 bits per heavy atom. The minimum absolute atomic E-state index is 0.659. The zero-order valence-corrected chi connectivity index (χ0v) is 11.3. The first-order valence-corrected chi connectivity index (χ1v) is 6.43. The summed E-state index contributed by atoms with van der Waals surface area (Å²) in [6, 6.07) is 20.8. The van der Waals surface area contributed by atoms with Crippen LogP contribution < -0.4 is 0 Å². The van der Waals surface area contributed by atoms with Gasteiger partial charge in [0.2, 0.25) is 0 Å². The highest BCUT2D eigenvalue weighted by molar-refractivity contribution is 5.17. The predicted molar refractivity (Wildman–Crippen MR) is 80.9 cm³/mol. The Bertz CT molecular complexity index is 426. The Morgan fingerprint density at radius 1 is 0.889 bits per heavy atom. The van der Waals surface area contributed by atoms with Crippen LogP contribution in [0.4, 0.5) is 0 Å². The van der Waals surface area contributed by atoms with Crippen molar-refractivity contribution in [2.45, 2.75) is 26.2 Å².